The maximum absolute atomic E-state index is 13.6. The lowest BCUT2D eigenvalue weighted by Gasteiger charge is -2.31. The zero-order valence-corrected chi connectivity index (χ0v) is 26.3. The van der Waals surface area contributed by atoms with Crippen molar-refractivity contribution in [2.75, 3.05) is 19.7 Å². The number of pyridine rings is 1. The molecule has 1 aromatic heterocycles. The molecule has 1 fully saturated rings. The highest BCUT2D eigenvalue weighted by Crippen LogP contribution is 2.26. The van der Waals surface area contributed by atoms with Crippen LogP contribution in [0.1, 0.15) is 87.1 Å². The molecule has 3 rings (SSSR count). The lowest BCUT2D eigenvalue weighted by atomic mass is 9.96. The van der Waals surface area contributed by atoms with Gasteiger partial charge in [-0.2, -0.15) is 0 Å². The number of allylic oxidation sites excluding steroid dienone is 4. The van der Waals surface area contributed by atoms with Gasteiger partial charge in [0.2, 0.25) is 0 Å². The van der Waals surface area contributed by atoms with Crippen molar-refractivity contribution in [2.45, 2.75) is 74.0 Å². The lowest BCUT2D eigenvalue weighted by Crippen LogP contribution is -2.36. The average molecular weight is 606 g/mol. The van der Waals surface area contributed by atoms with Gasteiger partial charge in [-0.15, -0.1) is 0 Å². The number of benzene rings is 1. The minimum Gasteiger partial charge on any atom is -0.478 e. The third-order valence-electron chi connectivity index (χ3n) is 5.87. The number of carboxylic acid groups (broad SMARTS) is 1. The summed E-state index contributed by atoms with van der Waals surface area (Å²) in [6, 6.07) is 8.74. The maximum Gasteiger partial charge on any atom is 0.337 e. The van der Waals surface area contributed by atoms with Crippen molar-refractivity contribution >= 4 is 17.3 Å². The molecule has 0 amide bonds. The fourth-order valence-corrected chi connectivity index (χ4v) is 3.84. The summed E-state index contributed by atoms with van der Waals surface area (Å²) in [6.45, 7) is 15.6. The van der Waals surface area contributed by atoms with E-state index in [-0.39, 0.29) is 30.2 Å². The van der Waals surface area contributed by atoms with Crippen LogP contribution in [0, 0.1) is 6.92 Å². The molecule has 1 saturated heterocycles. The number of aromatic carboxylic acids is 1. The zero-order valence-electron chi connectivity index (χ0n) is 26.3. The second kappa shape index (κ2) is 22.8. The standard InChI is InChI=1S/C27H28F3N3O3.C2H6O.2C2H6/c1-18-3-4-22(25(13-18)20(14-28)5-7-23(30)15-29)17-33-11-9-24(10-12-33)36-32-19(2)26-8-6-21(16-31-26)27(34)35;1-2-3;2*1-2/h3-8,13-16,24H,9-12,17H2,1-2H3,(H,34,35);3H,2H2,1H3;2*1-2H3/b7-5-,20-14-,23-15-,32-19+;;;. The molecular weight excluding hydrogens is 559 g/mol. The molecule has 1 aliphatic heterocycles. The van der Waals surface area contributed by atoms with Gasteiger partial charge in [-0.1, -0.05) is 56.6 Å². The smallest absolute Gasteiger partial charge is 0.337 e. The van der Waals surface area contributed by atoms with Crippen LogP contribution in [0.5, 0.6) is 0 Å². The van der Waals surface area contributed by atoms with Crippen LogP contribution in [0.15, 0.2) is 72.3 Å². The first-order chi connectivity index (χ1) is 20.7. The Bertz CT molecular complexity index is 1200. The van der Waals surface area contributed by atoms with E-state index in [0.717, 1.165) is 43.1 Å². The van der Waals surface area contributed by atoms with E-state index in [1.165, 1.54) is 18.3 Å². The summed E-state index contributed by atoms with van der Waals surface area (Å²) in [5.41, 5.74) is 3.79. The second-order valence-electron chi connectivity index (χ2n) is 8.86. The number of oxime groups is 1. The summed E-state index contributed by atoms with van der Waals surface area (Å²) in [5, 5.41) is 20.7. The Labute approximate surface area is 254 Å². The third kappa shape index (κ3) is 14.3. The predicted octanol–water partition coefficient (Wildman–Crippen LogP) is 8.19. The second-order valence-corrected chi connectivity index (χ2v) is 8.86. The minimum atomic E-state index is -1.09. The van der Waals surface area contributed by atoms with Crippen molar-refractivity contribution in [3.05, 3.63) is 95.1 Å². The van der Waals surface area contributed by atoms with Gasteiger partial charge in [0.15, 0.2) is 5.83 Å². The van der Waals surface area contributed by atoms with Crippen LogP contribution in [-0.2, 0) is 11.4 Å². The minimum absolute atomic E-state index is 0.0772. The van der Waals surface area contributed by atoms with Crippen LogP contribution in [0.4, 0.5) is 13.2 Å². The summed E-state index contributed by atoms with van der Waals surface area (Å²) >= 11 is 0. The number of halogens is 3. The molecule has 0 unspecified atom stereocenters. The number of aryl methyl sites for hydroxylation is 1. The van der Waals surface area contributed by atoms with Gasteiger partial charge in [-0.3, -0.25) is 9.88 Å². The SMILES string of the molecule is C/C(=N\OC1CCN(Cc2ccc(C)cc2C(/C=C\C(F)=C\F)=C\F)CC1)c1ccc(C(=O)O)cn1.CC.CC.CCO. The van der Waals surface area contributed by atoms with Gasteiger partial charge in [0, 0.05) is 38.0 Å². The Hall–Kier alpha value is -3.76. The molecule has 0 saturated carbocycles. The van der Waals surface area contributed by atoms with Crippen LogP contribution in [0.25, 0.3) is 5.57 Å². The molecule has 43 heavy (non-hydrogen) atoms. The predicted molar refractivity (Wildman–Crippen MR) is 168 cm³/mol. The molecule has 7 nitrogen and oxygen atoms in total. The Morgan fingerprint density at radius 3 is 2.23 bits per heavy atom. The summed E-state index contributed by atoms with van der Waals surface area (Å²) in [5.74, 6) is -2.13. The maximum atomic E-state index is 13.6. The first-order valence-electron chi connectivity index (χ1n) is 14.5. The Balaban J connectivity index is 0.00000232. The van der Waals surface area contributed by atoms with Crippen molar-refractivity contribution < 1.29 is 33.0 Å². The quantitative estimate of drug-likeness (QED) is 0.170. The molecule has 0 aliphatic carbocycles. The molecule has 2 heterocycles. The van der Waals surface area contributed by atoms with Crippen LogP contribution < -0.4 is 0 Å². The molecule has 238 valence electrons. The van der Waals surface area contributed by atoms with Crippen LogP contribution in [0.2, 0.25) is 0 Å². The number of aromatic nitrogens is 1. The monoisotopic (exact) mass is 605 g/mol. The zero-order chi connectivity index (χ0) is 32.8. The summed E-state index contributed by atoms with van der Waals surface area (Å²) in [6.07, 6.45) is 5.00. The topological polar surface area (TPSA) is 95.2 Å². The van der Waals surface area contributed by atoms with E-state index >= 15 is 0 Å². The van der Waals surface area contributed by atoms with Crippen molar-refractivity contribution in [1.82, 2.24) is 9.88 Å². The summed E-state index contributed by atoms with van der Waals surface area (Å²) in [4.78, 5) is 23.0. The van der Waals surface area contributed by atoms with E-state index in [2.05, 4.69) is 15.0 Å². The third-order valence-corrected chi connectivity index (χ3v) is 5.87. The van der Waals surface area contributed by atoms with E-state index in [0.29, 0.717) is 29.8 Å². The van der Waals surface area contributed by atoms with Crippen molar-refractivity contribution in [3.63, 3.8) is 0 Å². The first-order valence-corrected chi connectivity index (χ1v) is 14.5. The molecule has 1 aliphatic rings. The van der Waals surface area contributed by atoms with Crippen molar-refractivity contribution in [3.8, 4) is 0 Å². The molecule has 2 N–H and O–H groups in total. The van der Waals surface area contributed by atoms with E-state index in [9.17, 15) is 18.0 Å². The van der Waals surface area contributed by atoms with Gasteiger partial charge in [0.25, 0.3) is 0 Å². The number of nitrogens with zero attached hydrogens (tertiary/aromatic N) is 3. The number of carbonyl (C=O) groups is 1. The van der Waals surface area contributed by atoms with Crippen molar-refractivity contribution in [2.24, 2.45) is 5.16 Å². The van der Waals surface area contributed by atoms with Crippen molar-refractivity contribution in [1.29, 1.82) is 0 Å². The number of hydrogen-bond acceptors (Lipinski definition) is 6. The van der Waals surface area contributed by atoms with Gasteiger partial charge in [0.1, 0.15) is 18.1 Å². The Kier molecular flexibility index (Phi) is 20.8. The van der Waals surface area contributed by atoms with E-state index in [1.807, 2.05) is 52.8 Å². The largest absolute Gasteiger partial charge is 0.478 e. The number of hydrogen-bond donors (Lipinski definition) is 2. The molecular formula is C33H46F3N3O4. The normalized spacial score (nSPS) is 14.5. The van der Waals surface area contributed by atoms with Gasteiger partial charge in [-0.25, -0.2) is 18.0 Å². The molecule has 10 heteroatoms. The van der Waals surface area contributed by atoms with Crippen LogP contribution in [0.3, 0.4) is 0 Å². The number of piperidine rings is 1. The summed E-state index contributed by atoms with van der Waals surface area (Å²) < 4.78 is 39.1. The molecule has 1 aromatic carbocycles. The molecule has 0 radical (unpaired) electrons. The number of carboxylic acids is 1. The van der Waals surface area contributed by atoms with E-state index in [4.69, 9.17) is 15.1 Å². The Morgan fingerprint density at radius 1 is 1.09 bits per heavy atom. The van der Waals surface area contributed by atoms with Crippen LogP contribution >= 0.6 is 0 Å². The summed E-state index contributed by atoms with van der Waals surface area (Å²) in [7, 11) is 0. The van der Waals surface area contributed by atoms with Crippen LogP contribution in [-0.4, -0.2) is 57.6 Å². The number of aliphatic hydroxyl groups is 1. The van der Waals surface area contributed by atoms with E-state index < -0.39 is 11.8 Å². The fraction of sp³-hybridized carbons (Fsp3) is 0.424. The van der Waals surface area contributed by atoms with E-state index in [1.54, 1.807) is 19.9 Å². The van der Waals surface area contributed by atoms with Gasteiger partial charge in [-0.05, 0) is 69.0 Å². The highest BCUT2D eigenvalue weighted by atomic mass is 19.2. The van der Waals surface area contributed by atoms with Gasteiger partial charge >= 0.3 is 5.97 Å². The number of likely N-dealkylation sites (tertiary alicyclic amines) is 1. The molecule has 2 aromatic rings. The molecule has 0 spiro atoms. The highest BCUT2D eigenvalue weighted by Gasteiger charge is 2.22. The fourth-order valence-electron chi connectivity index (χ4n) is 3.84. The first kappa shape index (κ1) is 39.2. The molecule has 0 atom stereocenters. The average Bonchev–Trinajstić information content (AvgIpc) is 3.04. The number of aliphatic hydroxyl groups excluding tert-OH is 1. The molecule has 0 bridgehead atoms. The highest BCUT2D eigenvalue weighted by molar-refractivity contribution is 5.97. The number of rotatable bonds is 9. The Morgan fingerprint density at radius 2 is 1.72 bits per heavy atom. The van der Waals surface area contributed by atoms with Gasteiger partial charge < -0.3 is 15.1 Å². The lowest BCUT2D eigenvalue weighted by molar-refractivity contribution is 0.00909. The van der Waals surface area contributed by atoms with Gasteiger partial charge in [0.05, 0.1) is 17.6 Å².